The van der Waals surface area contributed by atoms with Gasteiger partial charge in [-0.25, -0.2) is 4.98 Å². The fourth-order valence-electron chi connectivity index (χ4n) is 3.07. The van der Waals surface area contributed by atoms with E-state index >= 15 is 0 Å². The minimum Gasteiger partial charge on any atom is -0.257 e. The molecule has 4 nitrogen and oxygen atoms in total. The van der Waals surface area contributed by atoms with Gasteiger partial charge in [0.1, 0.15) is 10.7 Å². The predicted octanol–water partition coefficient (Wildman–Crippen LogP) is 3.49. The molecule has 3 aromatic rings. The van der Waals surface area contributed by atoms with Gasteiger partial charge in [0.15, 0.2) is 10.8 Å². The number of thiophene rings is 1. The summed E-state index contributed by atoms with van der Waals surface area (Å²) in [5, 5.41) is 10.9. The van der Waals surface area contributed by atoms with Gasteiger partial charge in [-0.05, 0) is 43.9 Å². The van der Waals surface area contributed by atoms with Crippen LogP contribution in [0.15, 0.2) is 5.16 Å². The zero-order valence-corrected chi connectivity index (χ0v) is 13.4. The van der Waals surface area contributed by atoms with Crippen molar-refractivity contribution < 1.29 is 0 Å². The molecular formula is C14H16N4S2. The number of aromatic nitrogens is 4. The molecule has 1 aliphatic rings. The summed E-state index contributed by atoms with van der Waals surface area (Å²) in [6.07, 6.45) is 5.66. The molecule has 4 rings (SSSR count). The van der Waals surface area contributed by atoms with Gasteiger partial charge < -0.3 is 0 Å². The smallest absolute Gasteiger partial charge is 0.176 e. The summed E-state index contributed by atoms with van der Waals surface area (Å²) in [7, 11) is 0. The Morgan fingerprint density at radius 1 is 1.35 bits per heavy atom. The maximum absolute atomic E-state index is 4.85. The van der Waals surface area contributed by atoms with Gasteiger partial charge >= 0.3 is 0 Å². The van der Waals surface area contributed by atoms with Crippen LogP contribution in [0.25, 0.3) is 15.9 Å². The maximum atomic E-state index is 4.85. The molecule has 0 spiro atoms. The SMILES string of the molecule is CSc1nc2sc3c(c2c2nnc(C)n12)CCC(C)C3. The van der Waals surface area contributed by atoms with E-state index in [-0.39, 0.29) is 0 Å². The zero-order chi connectivity index (χ0) is 13.9. The number of thioether (sulfide) groups is 1. The van der Waals surface area contributed by atoms with Crippen LogP contribution in [0.1, 0.15) is 29.6 Å². The fraction of sp³-hybridized carbons (Fsp3) is 0.500. The summed E-state index contributed by atoms with van der Waals surface area (Å²) in [6.45, 7) is 4.33. The van der Waals surface area contributed by atoms with Crippen LogP contribution < -0.4 is 0 Å². The summed E-state index contributed by atoms with van der Waals surface area (Å²) in [4.78, 5) is 7.49. The Balaban J connectivity index is 2.13. The van der Waals surface area contributed by atoms with Crippen molar-refractivity contribution in [2.24, 2.45) is 5.92 Å². The average molecular weight is 304 g/mol. The minimum absolute atomic E-state index is 0.784. The number of fused-ring (bicyclic) bond motifs is 5. The second-order valence-electron chi connectivity index (χ2n) is 5.54. The van der Waals surface area contributed by atoms with Crippen LogP contribution in [0.5, 0.6) is 0 Å². The molecular weight excluding hydrogens is 288 g/mol. The van der Waals surface area contributed by atoms with Crippen LogP contribution >= 0.6 is 23.1 Å². The van der Waals surface area contributed by atoms with E-state index in [4.69, 9.17) is 4.98 Å². The third-order valence-corrected chi connectivity index (χ3v) is 5.90. The van der Waals surface area contributed by atoms with Gasteiger partial charge in [-0.1, -0.05) is 18.7 Å². The monoisotopic (exact) mass is 304 g/mol. The molecule has 3 heterocycles. The average Bonchev–Trinajstić information content (AvgIpc) is 2.98. The Morgan fingerprint density at radius 3 is 3.00 bits per heavy atom. The van der Waals surface area contributed by atoms with Gasteiger partial charge in [0, 0.05) is 4.88 Å². The summed E-state index contributed by atoms with van der Waals surface area (Å²) >= 11 is 3.51. The predicted molar refractivity (Wildman–Crippen MR) is 83.9 cm³/mol. The van der Waals surface area contributed by atoms with E-state index in [1.807, 2.05) is 18.3 Å². The first-order chi connectivity index (χ1) is 9.69. The number of hydrogen-bond donors (Lipinski definition) is 0. The molecule has 3 aromatic heterocycles. The highest BCUT2D eigenvalue weighted by molar-refractivity contribution is 7.98. The van der Waals surface area contributed by atoms with Crippen LogP contribution in [0, 0.1) is 12.8 Å². The van der Waals surface area contributed by atoms with Crippen LogP contribution in [-0.2, 0) is 12.8 Å². The standard InChI is InChI=1S/C14H16N4S2/c1-7-4-5-9-10(6-7)20-13-11(9)12-17-16-8(2)18(12)14(15-13)19-3/h7H,4-6H2,1-3H3. The molecule has 104 valence electrons. The van der Waals surface area contributed by atoms with E-state index in [2.05, 4.69) is 27.8 Å². The molecule has 0 fully saturated rings. The van der Waals surface area contributed by atoms with Gasteiger partial charge in [0.2, 0.25) is 0 Å². The van der Waals surface area contributed by atoms with Gasteiger partial charge in [-0.3, -0.25) is 4.40 Å². The van der Waals surface area contributed by atoms with Crippen molar-refractivity contribution in [2.75, 3.05) is 6.26 Å². The lowest BCUT2D eigenvalue weighted by atomic mass is 9.89. The number of aryl methyl sites for hydroxylation is 2. The first-order valence-corrected chi connectivity index (χ1v) is 8.93. The largest absolute Gasteiger partial charge is 0.257 e. The molecule has 0 amide bonds. The van der Waals surface area contributed by atoms with Crippen molar-refractivity contribution in [2.45, 2.75) is 38.3 Å². The first kappa shape index (κ1) is 12.6. The van der Waals surface area contributed by atoms with Gasteiger partial charge in [0.25, 0.3) is 0 Å². The van der Waals surface area contributed by atoms with E-state index < -0.39 is 0 Å². The van der Waals surface area contributed by atoms with Crippen LogP contribution in [0.3, 0.4) is 0 Å². The molecule has 20 heavy (non-hydrogen) atoms. The molecule has 0 aromatic carbocycles. The number of hydrogen-bond acceptors (Lipinski definition) is 5. The number of nitrogens with zero attached hydrogens (tertiary/aromatic N) is 4. The van der Waals surface area contributed by atoms with E-state index in [0.717, 1.165) is 33.8 Å². The third kappa shape index (κ3) is 1.64. The lowest BCUT2D eigenvalue weighted by Crippen LogP contribution is -2.08. The van der Waals surface area contributed by atoms with Crippen molar-refractivity contribution in [3.8, 4) is 0 Å². The van der Waals surface area contributed by atoms with Crippen molar-refractivity contribution in [3.63, 3.8) is 0 Å². The Hall–Kier alpha value is -1.14. The van der Waals surface area contributed by atoms with Gasteiger partial charge in [-0.2, -0.15) is 0 Å². The Kier molecular flexibility index (Phi) is 2.79. The zero-order valence-electron chi connectivity index (χ0n) is 11.8. The number of rotatable bonds is 1. The molecule has 6 heteroatoms. The molecule has 0 radical (unpaired) electrons. The highest BCUT2D eigenvalue weighted by Gasteiger charge is 2.24. The van der Waals surface area contributed by atoms with Crippen molar-refractivity contribution >= 4 is 39.0 Å². The molecule has 1 aliphatic carbocycles. The lowest BCUT2D eigenvalue weighted by molar-refractivity contribution is 0.509. The van der Waals surface area contributed by atoms with E-state index in [1.54, 1.807) is 11.8 Å². The summed E-state index contributed by atoms with van der Waals surface area (Å²) < 4.78 is 2.10. The molecule has 0 N–H and O–H groups in total. The lowest BCUT2D eigenvalue weighted by Gasteiger charge is -2.17. The van der Waals surface area contributed by atoms with E-state index in [1.165, 1.54) is 28.7 Å². The van der Waals surface area contributed by atoms with Crippen LogP contribution in [0.2, 0.25) is 0 Å². The highest BCUT2D eigenvalue weighted by atomic mass is 32.2. The van der Waals surface area contributed by atoms with Crippen molar-refractivity contribution in [1.29, 1.82) is 0 Å². The highest BCUT2D eigenvalue weighted by Crippen LogP contribution is 2.39. The minimum atomic E-state index is 0.784. The van der Waals surface area contributed by atoms with Crippen molar-refractivity contribution in [3.05, 3.63) is 16.3 Å². The molecule has 1 atom stereocenters. The second kappa shape index (κ2) is 4.43. The van der Waals surface area contributed by atoms with Crippen LogP contribution in [-0.4, -0.2) is 25.8 Å². The summed E-state index contributed by atoms with van der Waals surface area (Å²) in [6, 6.07) is 0. The fourth-order valence-corrected chi connectivity index (χ4v) is 5.09. The second-order valence-corrected chi connectivity index (χ2v) is 7.39. The molecule has 1 unspecified atom stereocenters. The quantitative estimate of drug-likeness (QED) is 0.510. The Morgan fingerprint density at radius 2 is 2.20 bits per heavy atom. The third-order valence-electron chi connectivity index (χ3n) is 4.11. The van der Waals surface area contributed by atoms with Gasteiger partial charge in [0.05, 0.1) is 5.39 Å². The molecule has 0 saturated carbocycles. The van der Waals surface area contributed by atoms with Crippen molar-refractivity contribution in [1.82, 2.24) is 19.6 Å². The Labute approximate surface area is 125 Å². The topological polar surface area (TPSA) is 43.1 Å². The normalized spacial score (nSPS) is 18.9. The van der Waals surface area contributed by atoms with Crippen LogP contribution in [0.4, 0.5) is 0 Å². The molecule has 0 bridgehead atoms. The van der Waals surface area contributed by atoms with E-state index in [0.29, 0.717) is 0 Å². The first-order valence-electron chi connectivity index (χ1n) is 6.89. The summed E-state index contributed by atoms with van der Waals surface area (Å²) in [5.41, 5.74) is 2.46. The van der Waals surface area contributed by atoms with Gasteiger partial charge in [-0.15, -0.1) is 21.5 Å². The maximum Gasteiger partial charge on any atom is 0.176 e. The molecule has 0 aliphatic heterocycles. The van der Waals surface area contributed by atoms with E-state index in [9.17, 15) is 0 Å². The Bertz CT molecular complexity index is 818. The molecule has 0 saturated heterocycles. The summed E-state index contributed by atoms with van der Waals surface area (Å²) in [5.74, 6) is 1.70.